The van der Waals surface area contributed by atoms with Crippen molar-refractivity contribution in [2.75, 3.05) is 0 Å². The van der Waals surface area contributed by atoms with E-state index in [1.807, 2.05) is 49.4 Å². The van der Waals surface area contributed by atoms with Gasteiger partial charge in [-0.3, -0.25) is 0 Å². The minimum absolute atomic E-state index is 0.144. The molecule has 0 spiro atoms. The average Bonchev–Trinajstić information content (AvgIpc) is 2.57. The van der Waals surface area contributed by atoms with E-state index in [1.165, 1.54) is 12.1 Å². The van der Waals surface area contributed by atoms with Crippen molar-refractivity contribution < 1.29 is 8.78 Å². The minimum atomic E-state index is -0.172. The van der Waals surface area contributed by atoms with Crippen LogP contribution in [0.1, 0.15) is 12.5 Å². The Morgan fingerprint density at radius 2 is 1.41 bits per heavy atom. The number of halogens is 2. The lowest BCUT2D eigenvalue weighted by Crippen LogP contribution is -1.81. The molecule has 2 heteroatoms. The molecular weight excluding hydrogens is 278 g/mol. The highest BCUT2D eigenvalue weighted by Crippen LogP contribution is 2.21. The van der Waals surface area contributed by atoms with Crippen LogP contribution in [0.15, 0.2) is 78.9 Å². The van der Waals surface area contributed by atoms with Crippen molar-refractivity contribution in [3.8, 4) is 11.1 Å². The third kappa shape index (κ3) is 4.52. The van der Waals surface area contributed by atoms with Gasteiger partial charge in [0.25, 0.3) is 0 Å². The summed E-state index contributed by atoms with van der Waals surface area (Å²) >= 11 is 0. The molecule has 22 heavy (non-hydrogen) atoms. The van der Waals surface area contributed by atoms with Gasteiger partial charge in [-0.05, 0) is 35.7 Å². The van der Waals surface area contributed by atoms with Crippen LogP contribution in [0.3, 0.4) is 0 Å². The Hall–Kier alpha value is -2.48. The topological polar surface area (TPSA) is 0 Å². The average molecular weight is 296 g/mol. The molecule has 0 fully saturated rings. The zero-order chi connectivity index (χ0) is 15.8. The van der Waals surface area contributed by atoms with Gasteiger partial charge in [0.05, 0.1) is 0 Å². The highest BCUT2D eigenvalue weighted by molar-refractivity contribution is 5.63. The van der Waals surface area contributed by atoms with Crippen LogP contribution in [0.2, 0.25) is 0 Å². The van der Waals surface area contributed by atoms with Gasteiger partial charge in [-0.25, -0.2) is 8.78 Å². The predicted molar refractivity (Wildman–Crippen MR) is 87.6 cm³/mol. The maximum absolute atomic E-state index is 13.3. The van der Waals surface area contributed by atoms with Gasteiger partial charge in [0, 0.05) is 5.56 Å². The molecule has 0 nitrogen and oxygen atoms in total. The lowest BCUT2D eigenvalue weighted by molar-refractivity contribution is 0.625. The molecule has 0 atom stereocenters. The van der Waals surface area contributed by atoms with E-state index >= 15 is 0 Å². The smallest absolute Gasteiger partial charge is 0.131 e. The summed E-state index contributed by atoms with van der Waals surface area (Å²) < 4.78 is 25.6. The monoisotopic (exact) mass is 296 g/mol. The predicted octanol–water partition coefficient (Wildman–Crippen LogP) is 5.88. The first kappa shape index (κ1) is 15.9. The fourth-order valence-corrected chi connectivity index (χ4v) is 2.07. The van der Waals surface area contributed by atoms with Gasteiger partial charge in [-0.1, -0.05) is 67.6 Å². The van der Waals surface area contributed by atoms with Crippen molar-refractivity contribution in [3.63, 3.8) is 0 Å². The summed E-state index contributed by atoms with van der Waals surface area (Å²) in [5, 5.41) is 0. The Labute approximate surface area is 130 Å². The van der Waals surface area contributed by atoms with Crippen LogP contribution < -0.4 is 0 Å². The van der Waals surface area contributed by atoms with E-state index in [9.17, 15) is 8.78 Å². The summed E-state index contributed by atoms with van der Waals surface area (Å²) in [6.07, 6.45) is 0.901. The van der Waals surface area contributed by atoms with Crippen LogP contribution in [-0.4, -0.2) is 0 Å². The van der Waals surface area contributed by atoms with E-state index in [2.05, 4.69) is 0 Å². The summed E-state index contributed by atoms with van der Waals surface area (Å²) in [6.45, 7) is 2.01. The van der Waals surface area contributed by atoms with Crippen LogP contribution in [0.4, 0.5) is 8.78 Å². The van der Waals surface area contributed by atoms with E-state index < -0.39 is 0 Å². The molecule has 0 aliphatic carbocycles. The van der Waals surface area contributed by atoms with Gasteiger partial charge in [0.15, 0.2) is 0 Å². The summed E-state index contributed by atoms with van der Waals surface area (Å²) in [7, 11) is 0. The molecular formula is C20H18F2. The van der Waals surface area contributed by atoms with Crippen molar-refractivity contribution in [3.05, 3.63) is 96.1 Å². The quantitative estimate of drug-likeness (QED) is 0.554. The Bertz CT molecular complexity index is 706. The summed E-state index contributed by atoms with van der Waals surface area (Å²) in [5.41, 5.74) is 2.62. The Kier molecular flexibility index (Phi) is 5.84. The number of aryl methyl sites for hydroxylation is 1. The summed E-state index contributed by atoms with van der Waals surface area (Å²) in [5.74, 6) is -0.317. The van der Waals surface area contributed by atoms with Crippen LogP contribution >= 0.6 is 0 Å². The van der Waals surface area contributed by atoms with Crippen molar-refractivity contribution in [1.82, 2.24) is 0 Å². The van der Waals surface area contributed by atoms with Gasteiger partial charge in [0.2, 0.25) is 0 Å². The molecule has 0 aromatic heterocycles. The fourth-order valence-electron chi connectivity index (χ4n) is 2.07. The number of benzene rings is 3. The first-order valence-electron chi connectivity index (χ1n) is 7.25. The molecule has 3 aromatic rings. The highest BCUT2D eigenvalue weighted by atomic mass is 19.1. The lowest BCUT2D eigenvalue weighted by atomic mass is 10.1. The second-order valence-corrected chi connectivity index (χ2v) is 4.83. The van der Waals surface area contributed by atoms with Gasteiger partial charge in [-0.15, -0.1) is 0 Å². The molecule has 0 radical (unpaired) electrons. The fraction of sp³-hybridized carbons (Fsp3) is 0.100. The molecule has 0 aliphatic heterocycles. The summed E-state index contributed by atoms with van der Waals surface area (Å²) in [6, 6.07) is 23.0. The first-order chi connectivity index (χ1) is 10.7. The van der Waals surface area contributed by atoms with Crippen molar-refractivity contribution >= 4 is 0 Å². The van der Waals surface area contributed by atoms with Crippen LogP contribution in [0, 0.1) is 11.6 Å². The van der Waals surface area contributed by atoms with Crippen LogP contribution in [0.5, 0.6) is 0 Å². The Morgan fingerprint density at radius 1 is 0.727 bits per heavy atom. The largest absolute Gasteiger partial charge is 0.207 e. The molecule has 0 amide bonds. The Morgan fingerprint density at radius 3 is 2.00 bits per heavy atom. The van der Waals surface area contributed by atoms with Crippen LogP contribution in [-0.2, 0) is 6.42 Å². The molecule has 3 aromatic carbocycles. The molecule has 3 rings (SSSR count). The second kappa shape index (κ2) is 8.08. The Balaban J connectivity index is 0.000000172. The van der Waals surface area contributed by atoms with E-state index in [0.717, 1.165) is 17.5 Å². The molecule has 0 saturated carbocycles. The molecule has 0 heterocycles. The molecule has 112 valence electrons. The molecule has 0 unspecified atom stereocenters. The number of hydrogen-bond donors (Lipinski definition) is 0. The van der Waals surface area contributed by atoms with Crippen molar-refractivity contribution in [1.29, 1.82) is 0 Å². The second-order valence-electron chi connectivity index (χ2n) is 4.83. The summed E-state index contributed by atoms with van der Waals surface area (Å²) in [4.78, 5) is 0. The molecule has 0 aliphatic rings. The third-order valence-corrected chi connectivity index (χ3v) is 3.26. The zero-order valence-electron chi connectivity index (χ0n) is 12.5. The van der Waals surface area contributed by atoms with Gasteiger partial charge in [-0.2, -0.15) is 0 Å². The third-order valence-electron chi connectivity index (χ3n) is 3.26. The minimum Gasteiger partial charge on any atom is -0.207 e. The molecule has 0 N–H and O–H groups in total. The number of rotatable bonds is 2. The SMILES string of the molecule is CCc1cccc(F)c1.Fc1ccccc1-c1ccccc1. The molecule has 0 bridgehead atoms. The zero-order valence-corrected chi connectivity index (χ0v) is 12.5. The number of hydrogen-bond acceptors (Lipinski definition) is 0. The van der Waals surface area contributed by atoms with Crippen molar-refractivity contribution in [2.45, 2.75) is 13.3 Å². The van der Waals surface area contributed by atoms with E-state index in [0.29, 0.717) is 5.56 Å². The maximum Gasteiger partial charge on any atom is 0.131 e. The van der Waals surface area contributed by atoms with Gasteiger partial charge >= 0.3 is 0 Å². The van der Waals surface area contributed by atoms with Crippen LogP contribution in [0.25, 0.3) is 11.1 Å². The first-order valence-corrected chi connectivity index (χ1v) is 7.25. The van der Waals surface area contributed by atoms with Gasteiger partial charge < -0.3 is 0 Å². The standard InChI is InChI=1S/C12H9F.C8H9F/c13-12-9-5-4-8-11(12)10-6-2-1-3-7-10;1-2-7-4-3-5-8(9)6-7/h1-9H;3-6H,2H2,1H3. The van der Waals surface area contributed by atoms with Gasteiger partial charge in [0.1, 0.15) is 11.6 Å². The van der Waals surface area contributed by atoms with E-state index in [-0.39, 0.29) is 11.6 Å². The molecule has 0 saturated heterocycles. The van der Waals surface area contributed by atoms with Crippen molar-refractivity contribution in [2.24, 2.45) is 0 Å². The lowest BCUT2D eigenvalue weighted by Gasteiger charge is -2.01. The normalized spacial score (nSPS) is 9.77. The van der Waals surface area contributed by atoms with E-state index in [4.69, 9.17) is 0 Å². The van der Waals surface area contributed by atoms with E-state index in [1.54, 1.807) is 24.3 Å². The highest BCUT2D eigenvalue weighted by Gasteiger charge is 2.01. The maximum atomic E-state index is 13.3.